The molecular formula is C15H17N7O4. The summed E-state index contributed by atoms with van der Waals surface area (Å²) < 4.78 is 0. The first-order valence-electron chi connectivity index (χ1n) is 7.88. The van der Waals surface area contributed by atoms with Crippen molar-refractivity contribution in [2.24, 2.45) is 0 Å². The van der Waals surface area contributed by atoms with E-state index < -0.39 is 24.1 Å². The molecule has 1 aliphatic heterocycles. The van der Waals surface area contributed by atoms with Crippen LogP contribution in [0.25, 0.3) is 0 Å². The molecule has 1 aromatic carbocycles. The highest BCUT2D eigenvalue weighted by Gasteiger charge is 2.40. The second-order valence-electron chi connectivity index (χ2n) is 5.77. The molecule has 2 heterocycles. The van der Waals surface area contributed by atoms with Gasteiger partial charge in [0, 0.05) is 12.1 Å². The number of fused-ring (bicyclic) bond motifs is 1. The van der Waals surface area contributed by atoms with Crippen molar-refractivity contribution >= 4 is 23.6 Å². The fraction of sp³-hybridized carbons (Fsp3) is 0.333. The summed E-state index contributed by atoms with van der Waals surface area (Å²) in [7, 11) is 0. The quantitative estimate of drug-likeness (QED) is 0.557. The monoisotopic (exact) mass is 359 g/mol. The summed E-state index contributed by atoms with van der Waals surface area (Å²) in [6.45, 7) is 1.50. The summed E-state index contributed by atoms with van der Waals surface area (Å²) in [5, 5.41) is 26.8. The molecule has 11 nitrogen and oxygen atoms in total. The number of anilines is 1. The Balaban J connectivity index is 1.80. The van der Waals surface area contributed by atoms with E-state index in [-0.39, 0.29) is 12.5 Å². The summed E-state index contributed by atoms with van der Waals surface area (Å²) in [5.74, 6) is -0.577. The van der Waals surface area contributed by atoms with Crippen LogP contribution < -0.4 is 15.5 Å². The molecule has 2 aromatic rings. The van der Waals surface area contributed by atoms with Gasteiger partial charge in [0.15, 0.2) is 5.82 Å². The molecule has 0 radical (unpaired) electrons. The van der Waals surface area contributed by atoms with Gasteiger partial charge in [0.25, 0.3) is 0 Å². The van der Waals surface area contributed by atoms with Crippen LogP contribution in [0.2, 0.25) is 0 Å². The van der Waals surface area contributed by atoms with Crippen molar-refractivity contribution in [3.05, 3.63) is 35.7 Å². The predicted molar refractivity (Wildman–Crippen MR) is 88.1 cm³/mol. The van der Waals surface area contributed by atoms with Crippen LogP contribution in [0.5, 0.6) is 0 Å². The van der Waals surface area contributed by atoms with E-state index in [9.17, 15) is 14.4 Å². The van der Waals surface area contributed by atoms with Crippen molar-refractivity contribution < 1.29 is 19.5 Å². The van der Waals surface area contributed by atoms with Crippen LogP contribution in [0, 0.1) is 0 Å². The Morgan fingerprint density at radius 1 is 1.38 bits per heavy atom. The zero-order chi connectivity index (χ0) is 18.7. The second kappa shape index (κ2) is 7.17. The summed E-state index contributed by atoms with van der Waals surface area (Å²) in [6, 6.07) is 5.36. The maximum atomic E-state index is 12.8. The zero-order valence-corrected chi connectivity index (χ0v) is 13.8. The van der Waals surface area contributed by atoms with Crippen LogP contribution >= 0.6 is 0 Å². The molecule has 0 unspecified atom stereocenters. The Hall–Kier alpha value is -3.50. The highest BCUT2D eigenvalue weighted by Crippen LogP contribution is 2.32. The van der Waals surface area contributed by atoms with Crippen LogP contribution in [0.15, 0.2) is 24.3 Å². The van der Waals surface area contributed by atoms with E-state index >= 15 is 0 Å². The molecule has 1 aliphatic rings. The third kappa shape index (κ3) is 3.45. The summed E-state index contributed by atoms with van der Waals surface area (Å²) in [5.41, 5.74) is 1.43. The molecule has 3 rings (SSSR count). The third-order valence-electron chi connectivity index (χ3n) is 4.04. The van der Waals surface area contributed by atoms with E-state index in [1.807, 2.05) is 12.1 Å². The van der Waals surface area contributed by atoms with Crippen LogP contribution in [0.3, 0.4) is 0 Å². The first-order chi connectivity index (χ1) is 12.5. The topological polar surface area (TPSA) is 153 Å². The van der Waals surface area contributed by atoms with Crippen molar-refractivity contribution in [3.63, 3.8) is 0 Å². The number of benzene rings is 1. The van der Waals surface area contributed by atoms with E-state index in [0.29, 0.717) is 17.9 Å². The van der Waals surface area contributed by atoms with Gasteiger partial charge >= 0.3 is 6.09 Å². The molecule has 26 heavy (non-hydrogen) atoms. The van der Waals surface area contributed by atoms with Crippen molar-refractivity contribution in [1.82, 2.24) is 31.3 Å². The van der Waals surface area contributed by atoms with Crippen LogP contribution in [-0.2, 0) is 22.6 Å². The van der Waals surface area contributed by atoms with Gasteiger partial charge in [-0.25, -0.2) is 4.79 Å². The SMILES string of the molecule is C[C@@H](NC(=O)O)C(=O)N1c2ccccc2C[C@H]1C(=O)NCc1nn[nH]n1. The largest absolute Gasteiger partial charge is 0.465 e. The molecule has 0 saturated carbocycles. The van der Waals surface area contributed by atoms with Crippen LogP contribution in [0.4, 0.5) is 10.5 Å². The first kappa shape index (κ1) is 17.3. The molecule has 3 amide bonds. The van der Waals surface area contributed by atoms with Gasteiger partial charge < -0.3 is 15.7 Å². The van der Waals surface area contributed by atoms with Gasteiger partial charge in [0.05, 0.1) is 6.54 Å². The molecule has 136 valence electrons. The van der Waals surface area contributed by atoms with Gasteiger partial charge in [-0.05, 0) is 18.6 Å². The molecule has 2 atom stereocenters. The number of amides is 3. The van der Waals surface area contributed by atoms with Gasteiger partial charge in [0.1, 0.15) is 12.1 Å². The summed E-state index contributed by atoms with van der Waals surface area (Å²) in [4.78, 5) is 37.6. The number of carboxylic acid groups (broad SMARTS) is 1. The normalized spacial score (nSPS) is 16.7. The van der Waals surface area contributed by atoms with E-state index in [2.05, 4.69) is 31.3 Å². The van der Waals surface area contributed by atoms with E-state index in [0.717, 1.165) is 5.56 Å². The third-order valence-corrected chi connectivity index (χ3v) is 4.04. The standard InChI is InChI=1S/C15H17N7O4/c1-8(17-15(25)26)14(24)22-10-5-3-2-4-9(10)6-11(22)13(23)16-7-12-18-20-21-19-12/h2-5,8,11,17H,6-7H2,1H3,(H,16,23)(H,25,26)(H,18,19,20,21)/t8-,11+/m1/s1. The number of carbonyl (C=O) groups is 3. The fourth-order valence-electron chi connectivity index (χ4n) is 2.87. The first-order valence-corrected chi connectivity index (χ1v) is 7.88. The second-order valence-corrected chi connectivity index (χ2v) is 5.77. The molecule has 0 aliphatic carbocycles. The van der Waals surface area contributed by atoms with Gasteiger partial charge in [-0.15, -0.1) is 10.2 Å². The number of para-hydroxylation sites is 1. The Kier molecular flexibility index (Phi) is 4.78. The average Bonchev–Trinajstić information content (AvgIpc) is 3.25. The number of rotatable bonds is 5. The van der Waals surface area contributed by atoms with E-state index in [1.54, 1.807) is 12.1 Å². The van der Waals surface area contributed by atoms with Gasteiger partial charge in [-0.3, -0.25) is 14.5 Å². The number of carbonyl (C=O) groups excluding carboxylic acids is 2. The Bertz CT molecular complexity index is 823. The van der Waals surface area contributed by atoms with Crippen LogP contribution in [0.1, 0.15) is 18.3 Å². The average molecular weight is 359 g/mol. The molecule has 0 fully saturated rings. The van der Waals surface area contributed by atoms with Gasteiger partial charge in [-0.1, -0.05) is 23.4 Å². The van der Waals surface area contributed by atoms with Crippen molar-refractivity contribution in [1.29, 1.82) is 0 Å². The fourth-order valence-corrected chi connectivity index (χ4v) is 2.87. The Morgan fingerprint density at radius 3 is 2.85 bits per heavy atom. The lowest BCUT2D eigenvalue weighted by Crippen LogP contribution is -2.53. The number of nitrogens with one attached hydrogen (secondary N) is 3. The van der Waals surface area contributed by atoms with Gasteiger partial charge in [0.2, 0.25) is 11.8 Å². The van der Waals surface area contributed by atoms with Gasteiger partial charge in [-0.2, -0.15) is 5.21 Å². The number of aromatic amines is 1. The van der Waals surface area contributed by atoms with Crippen LogP contribution in [-0.4, -0.2) is 55.7 Å². The summed E-state index contributed by atoms with van der Waals surface area (Å²) in [6.07, 6.45) is -0.976. The molecule has 4 N–H and O–H groups in total. The lowest BCUT2D eigenvalue weighted by atomic mass is 10.1. The number of tetrazole rings is 1. The highest BCUT2D eigenvalue weighted by molar-refractivity contribution is 6.06. The van der Waals surface area contributed by atoms with E-state index in [4.69, 9.17) is 5.11 Å². The molecule has 0 spiro atoms. The Labute approximate surface area is 147 Å². The maximum absolute atomic E-state index is 12.8. The number of nitrogens with zero attached hydrogens (tertiary/aromatic N) is 4. The highest BCUT2D eigenvalue weighted by atomic mass is 16.4. The molecule has 0 saturated heterocycles. The molecule has 11 heteroatoms. The zero-order valence-electron chi connectivity index (χ0n) is 13.8. The lowest BCUT2D eigenvalue weighted by Gasteiger charge is -2.27. The lowest BCUT2D eigenvalue weighted by molar-refractivity contribution is -0.126. The molecule has 1 aromatic heterocycles. The minimum absolute atomic E-state index is 0.0626. The number of H-pyrrole nitrogens is 1. The maximum Gasteiger partial charge on any atom is 0.405 e. The smallest absolute Gasteiger partial charge is 0.405 e. The predicted octanol–water partition coefficient (Wildman–Crippen LogP) is -0.570. The van der Waals surface area contributed by atoms with Crippen molar-refractivity contribution in [2.75, 3.05) is 4.90 Å². The molecular weight excluding hydrogens is 342 g/mol. The van der Waals surface area contributed by atoms with Crippen molar-refractivity contribution in [2.45, 2.75) is 32.0 Å². The summed E-state index contributed by atoms with van der Waals surface area (Å²) >= 11 is 0. The number of hydrogen-bond donors (Lipinski definition) is 4. The number of hydrogen-bond acceptors (Lipinski definition) is 6. The van der Waals surface area contributed by atoms with Crippen molar-refractivity contribution in [3.8, 4) is 0 Å². The Morgan fingerprint density at radius 2 is 2.15 bits per heavy atom. The molecule has 0 bridgehead atoms. The number of aromatic nitrogens is 4. The minimum Gasteiger partial charge on any atom is -0.465 e. The minimum atomic E-state index is -1.31. The van der Waals surface area contributed by atoms with E-state index in [1.165, 1.54) is 11.8 Å².